The molecule has 82 valence electrons. The van der Waals surface area contributed by atoms with Crippen molar-refractivity contribution in [2.45, 2.75) is 13.1 Å². The van der Waals surface area contributed by atoms with Crippen molar-refractivity contribution in [3.05, 3.63) is 22.6 Å². The van der Waals surface area contributed by atoms with E-state index < -0.39 is 11.9 Å². The number of alkyl halides is 3. The molecule has 16 heavy (non-hydrogen) atoms. The summed E-state index contributed by atoms with van der Waals surface area (Å²) in [5.41, 5.74) is -0.233. The predicted octanol–water partition coefficient (Wildman–Crippen LogP) is 2.34. The van der Waals surface area contributed by atoms with E-state index in [2.05, 4.69) is 10.1 Å². The van der Waals surface area contributed by atoms with Gasteiger partial charge in [-0.3, -0.25) is 0 Å². The normalized spacial score (nSPS) is 12.2. The van der Waals surface area contributed by atoms with E-state index in [0.717, 1.165) is 0 Å². The summed E-state index contributed by atoms with van der Waals surface area (Å²) in [7, 11) is 0. The van der Waals surface area contributed by atoms with Gasteiger partial charge in [-0.25, -0.2) is 0 Å². The fourth-order valence-electron chi connectivity index (χ4n) is 1.50. The van der Waals surface area contributed by atoms with E-state index in [1.807, 2.05) is 0 Å². The summed E-state index contributed by atoms with van der Waals surface area (Å²) in [6.45, 7) is 1.50. The number of nitrogens with zero attached hydrogens (tertiary/aromatic N) is 3. The molecule has 0 amide bonds. The molecule has 0 aliphatic carbocycles. The Morgan fingerprint density at radius 3 is 2.62 bits per heavy atom. The van der Waals surface area contributed by atoms with Gasteiger partial charge in [-0.15, -0.1) is 0 Å². The van der Waals surface area contributed by atoms with Crippen molar-refractivity contribution >= 4 is 48.6 Å². The van der Waals surface area contributed by atoms with Gasteiger partial charge in [-0.05, 0) is 0 Å². The molecule has 0 spiro atoms. The Kier molecular flexibility index (Phi) is 2.89. The van der Waals surface area contributed by atoms with Gasteiger partial charge in [0.1, 0.15) is 0 Å². The molecule has 8 heteroatoms. The molecule has 0 fully saturated rings. The number of pyridine rings is 1. The molecule has 3 nitrogen and oxygen atoms in total. The number of rotatable bonds is 0. The number of aromatic nitrogens is 3. The summed E-state index contributed by atoms with van der Waals surface area (Å²) in [6, 6.07) is 1.41. The Hall–Kier alpha value is -0.378. The zero-order chi connectivity index (χ0) is 12.1. The second kappa shape index (κ2) is 3.83. The molecule has 0 radical (unpaired) electrons. The summed E-state index contributed by atoms with van der Waals surface area (Å²) in [5, 5.41) is 3.75. The molecule has 0 aromatic carbocycles. The SMILES string of the molecule is Cc1nc(Cl)cc2c1c(C(F)(F)F)n[n]2[Tl]. The monoisotopic (exact) mass is 439 g/mol. The molecule has 2 aromatic heterocycles. The van der Waals surface area contributed by atoms with Gasteiger partial charge in [-0.1, -0.05) is 0 Å². The van der Waals surface area contributed by atoms with E-state index in [-0.39, 0.29) is 42.3 Å². The molecule has 0 aliphatic heterocycles. The number of fused-ring (bicyclic) bond motifs is 1. The number of hydrogen-bond donors (Lipinski definition) is 0. The number of hydrogen-bond acceptors (Lipinski definition) is 2. The number of halogens is 4. The molecule has 0 aliphatic rings. The van der Waals surface area contributed by atoms with Crippen LogP contribution in [-0.4, -0.2) is 38.6 Å². The Labute approximate surface area is 110 Å². The topological polar surface area (TPSA) is 30.7 Å². The Morgan fingerprint density at radius 2 is 2.06 bits per heavy atom. The minimum absolute atomic E-state index is 0.0411. The summed E-state index contributed by atoms with van der Waals surface area (Å²) < 4.78 is 39.4. The summed E-state index contributed by atoms with van der Waals surface area (Å²) in [5.74, 6) is 0. The maximum absolute atomic E-state index is 12.7. The van der Waals surface area contributed by atoms with Crippen molar-refractivity contribution in [3.8, 4) is 0 Å². The average Bonchev–Trinajstić information content (AvgIpc) is 2.43. The molecular weight excluding hydrogens is 435 g/mol. The summed E-state index contributed by atoms with van der Waals surface area (Å²) in [4.78, 5) is 3.82. The van der Waals surface area contributed by atoms with E-state index in [1.165, 1.54) is 15.5 Å². The van der Waals surface area contributed by atoms with Gasteiger partial charge in [0, 0.05) is 0 Å². The Balaban J connectivity index is 2.89. The van der Waals surface area contributed by atoms with Gasteiger partial charge in [0.2, 0.25) is 0 Å². The zero-order valence-corrected chi connectivity index (χ0v) is 13.3. The van der Waals surface area contributed by atoms with Crippen molar-refractivity contribution < 1.29 is 13.2 Å². The molecule has 0 N–H and O–H groups in total. The molecule has 0 saturated heterocycles. The Morgan fingerprint density at radius 1 is 1.44 bits per heavy atom. The number of aryl methyl sites for hydroxylation is 1. The van der Waals surface area contributed by atoms with Crippen LogP contribution in [0.3, 0.4) is 0 Å². The van der Waals surface area contributed by atoms with Crippen LogP contribution in [0.25, 0.3) is 10.9 Å². The first-order valence-electron chi connectivity index (χ1n) is 4.19. The van der Waals surface area contributed by atoms with Gasteiger partial charge < -0.3 is 0 Å². The second-order valence-electron chi connectivity index (χ2n) is 3.22. The second-order valence-corrected chi connectivity index (χ2v) is 5.50. The molecule has 0 unspecified atom stereocenters. The van der Waals surface area contributed by atoms with Crippen LogP contribution in [0.2, 0.25) is 5.15 Å². The quantitative estimate of drug-likeness (QED) is 0.467. The third-order valence-corrected chi connectivity index (χ3v) is 3.83. The van der Waals surface area contributed by atoms with Crippen LogP contribution in [0.15, 0.2) is 6.07 Å². The average molecular weight is 439 g/mol. The summed E-state index contributed by atoms with van der Waals surface area (Å²) in [6.07, 6.45) is -4.46. The minimum atomic E-state index is -4.46. The summed E-state index contributed by atoms with van der Waals surface area (Å²) >= 11 is 5.84. The molecule has 2 rings (SSSR count). The van der Waals surface area contributed by atoms with Crippen molar-refractivity contribution in [1.82, 2.24) is 12.6 Å². The maximum atomic E-state index is 12.7. The van der Waals surface area contributed by atoms with Gasteiger partial charge in [-0.2, -0.15) is 0 Å². The zero-order valence-electron chi connectivity index (χ0n) is 8.01. The van der Waals surface area contributed by atoms with Gasteiger partial charge >= 0.3 is 110 Å². The van der Waals surface area contributed by atoms with E-state index in [0.29, 0.717) is 5.52 Å². The van der Waals surface area contributed by atoms with Gasteiger partial charge in [0.15, 0.2) is 0 Å². The van der Waals surface area contributed by atoms with Crippen LogP contribution in [0.1, 0.15) is 11.4 Å². The van der Waals surface area contributed by atoms with Crippen LogP contribution in [0.5, 0.6) is 0 Å². The van der Waals surface area contributed by atoms with Crippen LogP contribution >= 0.6 is 11.6 Å². The van der Waals surface area contributed by atoms with Crippen LogP contribution in [-0.2, 0) is 6.18 Å². The van der Waals surface area contributed by atoms with E-state index >= 15 is 0 Å². The van der Waals surface area contributed by atoms with Crippen LogP contribution in [0, 0.1) is 6.92 Å². The molecule has 0 saturated carbocycles. The van der Waals surface area contributed by atoms with E-state index in [4.69, 9.17) is 11.6 Å². The third-order valence-electron chi connectivity index (χ3n) is 2.11. The van der Waals surface area contributed by atoms with Crippen molar-refractivity contribution in [2.75, 3.05) is 0 Å². The molecular formula is C8H4ClF3N3Tl. The fraction of sp³-hybridized carbons (Fsp3) is 0.250. The van der Waals surface area contributed by atoms with Gasteiger partial charge in [0.05, 0.1) is 0 Å². The van der Waals surface area contributed by atoms with Crippen LogP contribution < -0.4 is 0 Å². The van der Waals surface area contributed by atoms with Crippen LogP contribution in [0.4, 0.5) is 13.2 Å². The van der Waals surface area contributed by atoms with Gasteiger partial charge in [0.25, 0.3) is 0 Å². The third kappa shape index (κ3) is 1.92. The first-order valence-corrected chi connectivity index (χ1v) is 6.57. The fourth-order valence-corrected chi connectivity index (χ4v) is 2.97. The Bertz CT molecular complexity index is 564. The van der Waals surface area contributed by atoms with Crippen molar-refractivity contribution in [1.29, 1.82) is 0 Å². The predicted molar refractivity (Wildman–Crippen MR) is 53.4 cm³/mol. The first kappa shape index (κ1) is 12.1. The molecule has 2 heterocycles. The van der Waals surface area contributed by atoms with E-state index in [9.17, 15) is 13.2 Å². The molecule has 2 aromatic rings. The standard InChI is InChI=1S/C8H4ClF3N3.Tl/c1-3-6-4(2-5(9)13-3)14-15-7(6)8(10,11)12;/h2H,1H3;/q-1;+1. The first-order chi connectivity index (χ1) is 7.30. The molecule has 0 bridgehead atoms. The molecule has 0 atom stereocenters. The van der Waals surface area contributed by atoms with Crippen molar-refractivity contribution in [2.24, 2.45) is 0 Å². The van der Waals surface area contributed by atoms with E-state index in [1.54, 1.807) is 0 Å². The van der Waals surface area contributed by atoms with Crippen molar-refractivity contribution in [3.63, 3.8) is 0 Å².